The number of hydrogen-bond donors (Lipinski definition) is 2. The molecule has 1 saturated carbocycles. The molecule has 1 aliphatic rings. The number of ether oxygens (including phenoxy) is 1. The number of halogens is 2. The molecule has 0 aromatic heterocycles. The van der Waals surface area contributed by atoms with Gasteiger partial charge < -0.3 is 15.8 Å². The molecular formula is C15H20Cl2N2O2. The topological polar surface area (TPSA) is 64.3 Å². The van der Waals surface area contributed by atoms with Crippen LogP contribution in [0.15, 0.2) is 12.1 Å². The van der Waals surface area contributed by atoms with E-state index in [9.17, 15) is 4.79 Å². The molecule has 1 fully saturated rings. The quantitative estimate of drug-likeness (QED) is 0.605. The third-order valence-corrected chi connectivity index (χ3v) is 4.13. The lowest BCUT2D eigenvalue weighted by atomic mass is 10.2. The van der Waals surface area contributed by atoms with Crippen LogP contribution in [0.25, 0.3) is 0 Å². The van der Waals surface area contributed by atoms with Crippen molar-refractivity contribution in [2.24, 2.45) is 0 Å². The van der Waals surface area contributed by atoms with Crippen molar-refractivity contribution in [2.45, 2.75) is 44.6 Å². The van der Waals surface area contributed by atoms with E-state index in [1.165, 1.54) is 12.8 Å². The van der Waals surface area contributed by atoms with Crippen LogP contribution in [0.1, 0.15) is 38.5 Å². The Bertz CT molecular complexity index is 479. The lowest BCUT2D eigenvalue weighted by Gasteiger charge is -2.12. The molecule has 0 heterocycles. The number of benzene rings is 1. The van der Waals surface area contributed by atoms with Gasteiger partial charge in [-0.25, -0.2) is 0 Å². The molecule has 0 atom stereocenters. The number of carbonyl (C=O) groups is 1. The van der Waals surface area contributed by atoms with Gasteiger partial charge >= 0.3 is 0 Å². The zero-order valence-electron chi connectivity index (χ0n) is 11.8. The Labute approximate surface area is 134 Å². The van der Waals surface area contributed by atoms with Crippen LogP contribution in [0, 0.1) is 0 Å². The molecule has 0 spiro atoms. The van der Waals surface area contributed by atoms with Gasteiger partial charge in [-0.1, -0.05) is 36.0 Å². The van der Waals surface area contributed by atoms with Crippen molar-refractivity contribution in [3.05, 3.63) is 22.2 Å². The number of amides is 1. The first-order chi connectivity index (χ1) is 10.1. The Hall–Kier alpha value is -0.970. The first kappa shape index (κ1) is 16.4. The van der Waals surface area contributed by atoms with Crippen molar-refractivity contribution in [3.8, 4) is 0 Å². The van der Waals surface area contributed by atoms with E-state index in [-0.39, 0.29) is 5.91 Å². The van der Waals surface area contributed by atoms with Gasteiger partial charge in [0.15, 0.2) is 0 Å². The number of rotatable bonds is 6. The summed E-state index contributed by atoms with van der Waals surface area (Å²) in [4.78, 5) is 11.9. The highest BCUT2D eigenvalue weighted by atomic mass is 35.5. The molecule has 2 rings (SSSR count). The lowest BCUT2D eigenvalue weighted by molar-refractivity contribution is -0.116. The second-order valence-electron chi connectivity index (χ2n) is 5.29. The minimum Gasteiger partial charge on any atom is -0.399 e. The van der Waals surface area contributed by atoms with Crippen molar-refractivity contribution in [3.63, 3.8) is 0 Å². The molecule has 0 radical (unpaired) electrons. The van der Waals surface area contributed by atoms with E-state index in [1.54, 1.807) is 12.1 Å². The molecule has 0 unspecified atom stereocenters. The minimum absolute atomic E-state index is 0.126. The molecule has 0 aliphatic heterocycles. The van der Waals surface area contributed by atoms with Gasteiger partial charge in [0.05, 0.1) is 21.8 Å². The summed E-state index contributed by atoms with van der Waals surface area (Å²) in [6, 6.07) is 3.12. The van der Waals surface area contributed by atoms with Gasteiger partial charge in [-0.2, -0.15) is 0 Å². The van der Waals surface area contributed by atoms with Gasteiger partial charge in [0.2, 0.25) is 5.91 Å². The fourth-order valence-corrected chi connectivity index (χ4v) is 3.05. The third-order valence-electron chi connectivity index (χ3n) is 3.53. The van der Waals surface area contributed by atoms with E-state index in [2.05, 4.69) is 5.32 Å². The van der Waals surface area contributed by atoms with Gasteiger partial charge in [0.25, 0.3) is 0 Å². The summed E-state index contributed by atoms with van der Waals surface area (Å²) in [5, 5.41) is 3.41. The highest BCUT2D eigenvalue weighted by Crippen LogP contribution is 2.32. The van der Waals surface area contributed by atoms with Gasteiger partial charge in [0.1, 0.15) is 0 Å². The smallest absolute Gasteiger partial charge is 0.224 e. The van der Waals surface area contributed by atoms with Gasteiger partial charge in [-0.15, -0.1) is 0 Å². The fraction of sp³-hybridized carbons (Fsp3) is 0.533. The number of hydrogen-bond acceptors (Lipinski definition) is 3. The highest BCUT2D eigenvalue weighted by molar-refractivity contribution is 6.40. The maximum absolute atomic E-state index is 11.9. The van der Waals surface area contributed by atoms with Gasteiger partial charge in [-0.05, 0) is 31.4 Å². The lowest BCUT2D eigenvalue weighted by Crippen LogP contribution is -2.14. The average molecular weight is 331 g/mol. The number of nitrogens with one attached hydrogen (secondary N) is 1. The van der Waals surface area contributed by atoms with Crippen LogP contribution >= 0.6 is 23.2 Å². The van der Waals surface area contributed by atoms with Gasteiger partial charge in [0, 0.05) is 18.7 Å². The van der Waals surface area contributed by atoms with E-state index in [1.807, 2.05) is 0 Å². The molecule has 1 amide bonds. The molecule has 0 saturated heterocycles. The molecular weight excluding hydrogens is 311 g/mol. The fourth-order valence-electron chi connectivity index (χ4n) is 2.45. The van der Waals surface area contributed by atoms with Gasteiger partial charge in [-0.3, -0.25) is 4.79 Å². The maximum Gasteiger partial charge on any atom is 0.224 e. The number of nitrogens with two attached hydrogens (primary N) is 1. The Morgan fingerprint density at radius 3 is 2.52 bits per heavy atom. The van der Waals surface area contributed by atoms with Crippen LogP contribution in [0.5, 0.6) is 0 Å². The zero-order chi connectivity index (χ0) is 15.2. The van der Waals surface area contributed by atoms with E-state index in [0.29, 0.717) is 47.0 Å². The Kier molecular flexibility index (Phi) is 6.15. The number of carbonyl (C=O) groups excluding carboxylic acids is 1. The Balaban J connectivity index is 1.74. The summed E-state index contributed by atoms with van der Waals surface area (Å²) in [6.45, 7) is 0.612. The monoisotopic (exact) mass is 330 g/mol. The summed E-state index contributed by atoms with van der Waals surface area (Å²) >= 11 is 12.0. The van der Waals surface area contributed by atoms with E-state index >= 15 is 0 Å². The van der Waals surface area contributed by atoms with E-state index in [0.717, 1.165) is 12.8 Å². The first-order valence-corrected chi connectivity index (χ1v) is 7.98. The number of nitrogen functional groups attached to an aromatic ring is 1. The summed E-state index contributed by atoms with van der Waals surface area (Å²) in [5.41, 5.74) is 6.50. The largest absolute Gasteiger partial charge is 0.399 e. The second kappa shape index (κ2) is 7.87. The molecule has 1 aromatic carbocycles. The highest BCUT2D eigenvalue weighted by Gasteiger charge is 2.15. The van der Waals surface area contributed by atoms with Crippen LogP contribution in [0.4, 0.5) is 11.4 Å². The van der Waals surface area contributed by atoms with Crippen molar-refractivity contribution in [1.82, 2.24) is 0 Å². The van der Waals surface area contributed by atoms with Crippen LogP contribution < -0.4 is 11.1 Å². The molecule has 1 aliphatic carbocycles. The zero-order valence-corrected chi connectivity index (χ0v) is 13.3. The summed E-state index contributed by atoms with van der Waals surface area (Å²) in [7, 11) is 0. The van der Waals surface area contributed by atoms with Crippen molar-refractivity contribution in [2.75, 3.05) is 17.7 Å². The maximum atomic E-state index is 11.9. The Morgan fingerprint density at radius 2 is 1.90 bits per heavy atom. The van der Waals surface area contributed by atoms with Crippen molar-refractivity contribution < 1.29 is 9.53 Å². The van der Waals surface area contributed by atoms with Crippen molar-refractivity contribution in [1.29, 1.82) is 0 Å². The third kappa shape index (κ3) is 5.06. The predicted molar refractivity (Wildman–Crippen MR) is 86.9 cm³/mol. The van der Waals surface area contributed by atoms with E-state index < -0.39 is 0 Å². The van der Waals surface area contributed by atoms with Crippen LogP contribution in [0.3, 0.4) is 0 Å². The molecule has 0 bridgehead atoms. The SMILES string of the molecule is Nc1cc(Cl)c(NC(=O)CCCOC2CCCC2)c(Cl)c1. The summed E-state index contributed by atoms with van der Waals surface area (Å²) in [5.74, 6) is -0.126. The van der Waals surface area contributed by atoms with Crippen molar-refractivity contribution >= 4 is 40.5 Å². The summed E-state index contributed by atoms with van der Waals surface area (Å²) < 4.78 is 5.72. The van der Waals surface area contributed by atoms with Crippen LogP contribution in [0.2, 0.25) is 10.0 Å². The molecule has 4 nitrogen and oxygen atoms in total. The standard InChI is InChI=1S/C15H20Cl2N2O2/c16-12-8-10(18)9-13(17)15(12)19-14(20)6-3-7-21-11-4-1-2-5-11/h8-9,11H,1-7,18H2,(H,19,20). The van der Waals surface area contributed by atoms with E-state index in [4.69, 9.17) is 33.7 Å². The minimum atomic E-state index is -0.126. The molecule has 1 aromatic rings. The molecule has 21 heavy (non-hydrogen) atoms. The molecule has 6 heteroatoms. The van der Waals surface area contributed by atoms with Crippen LogP contribution in [-0.4, -0.2) is 18.6 Å². The van der Waals surface area contributed by atoms with Crippen LogP contribution in [-0.2, 0) is 9.53 Å². The summed E-state index contributed by atoms with van der Waals surface area (Å²) in [6.07, 6.45) is 6.23. The Morgan fingerprint density at radius 1 is 1.29 bits per heavy atom. The normalized spacial score (nSPS) is 15.3. The number of anilines is 2. The second-order valence-corrected chi connectivity index (χ2v) is 6.10. The average Bonchev–Trinajstić information content (AvgIpc) is 2.92. The predicted octanol–water partition coefficient (Wildman–Crippen LogP) is 4.25. The first-order valence-electron chi connectivity index (χ1n) is 7.22. The molecule has 116 valence electrons. The molecule has 3 N–H and O–H groups in total.